The van der Waals surface area contributed by atoms with Crippen molar-refractivity contribution in [3.05, 3.63) is 0 Å². The van der Waals surface area contributed by atoms with Crippen LogP contribution in [0.25, 0.3) is 0 Å². The number of likely N-dealkylation sites (N-methyl/N-ethyl adjacent to an activating group) is 1. The summed E-state index contributed by atoms with van der Waals surface area (Å²) in [7, 11) is 2.13. The fraction of sp³-hybridized carbons (Fsp3) is 0.917. The highest BCUT2D eigenvalue weighted by Crippen LogP contribution is 2.13. The van der Waals surface area contributed by atoms with Gasteiger partial charge >= 0.3 is 0 Å². The molecular weight excluding hydrogens is 289 g/mol. The fourth-order valence-electron chi connectivity index (χ4n) is 2.52. The first-order chi connectivity index (χ1) is 8.25. The zero-order chi connectivity index (χ0) is 12.1. The second-order valence-corrected chi connectivity index (χ2v) is 5.01. The second kappa shape index (κ2) is 9.77. The summed E-state index contributed by atoms with van der Waals surface area (Å²) in [6.07, 6.45) is 2.97. The Bertz CT molecular complexity index is 263. The van der Waals surface area contributed by atoms with Gasteiger partial charge in [-0.1, -0.05) is 0 Å². The van der Waals surface area contributed by atoms with E-state index in [1.54, 1.807) is 0 Å². The van der Waals surface area contributed by atoms with Crippen LogP contribution in [-0.4, -0.2) is 62.8 Å². The van der Waals surface area contributed by atoms with Crippen LogP contribution in [0.5, 0.6) is 0 Å². The molecule has 0 aromatic carbocycles. The number of ether oxygens (including phenoxy) is 1. The number of carbonyl (C=O) groups excluding carboxylic acids is 1. The summed E-state index contributed by atoms with van der Waals surface area (Å²) in [4.78, 5) is 14.1. The molecule has 0 radical (unpaired) electrons. The maximum Gasteiger partial charge on any atom is 0.221 e. The predicted octanol–water partition coefficient (Wildman–Crippen LogP) is 0.419. The van der Waals surface area contributed by atoms with Gasteiger partial charge in [-0.25, -0.2) is 0 Å². The molecule has 0 aromatic rings. The predicted molar refractivity (Wildman–Crippen MR) is 80.4 cm³/mol. The summed E-state index contributed by atoms with van der Waals surface area (Å²) in [6, 6.07) is 0.708. The lowest BCUT2D eigenvalue weighted by atomic mass is 10.1. The Labute approximate surface area is 127 Å². The van der Waals surface area contributed by atoms with Crippen LogP contribution in [0.1, 0.15) is 19.3 Å². The summed E-state index contributed by atoms with van der Waals surface area (Å²) in [5.74, 6) is 0.133. The Morgan fingerprint density at radius 2 is 2.26 bits per heavy atom. The normalized spacial score (nSPS) is 27.2. The number of hydrogen-bond acceptors (Lipinski definition) is 4. The molecule has 0 aromatic heterocycles. The van der Waals surface area contributed by atoms with E-state index in [0.29, 0.717) is 19.1 Å². The van der Waals surface area contributed by atoms with Gasteiger partial charge < -0.3 is 20.3 Å². The lowest BCUT2D eigenvalue weighted by molar-refractivity contribution is -0.122. The van der Waals surface area contributed by atoms with Crippen LogP contribution in [0.4, 0.5) is 0 Å². The van der Waals surface area contributed by atoms with Crippen molar-refractivity contribution in [1.29, 1.82) is 0 Å². The highest BCUT2D eigenvalue weighted by molar-refractivity contribution is 5.85. The molecule has 0 aliphatic carbocycles. The molecule has 2 unspecified atom stereocenters. The smallest absolute Gasteiger partial charge is 0.221 e. The molecule has 5 nitrogen and oxygen atoms in total. The minimum Gasteiger partial charge on any atom is -0.378 e. The first kappa shape index (κ1) is 18.9. The average Bonchev–Trinajstić information content (AvgIpc) is 2.74. The first-order valence-electron chi connectivity index (χ1n) is 6.54. The van der Waals surface area contributed by atoms with Crippen molar-refractivity contribution in [3.8, 4) is 0 Å². The van der Waals surface area contributed by atoms with Crippen LogP contribution in [0.3, 0.4) is 0 Å². The molecule has 2 aliphatic rings. The van der Waals surface area contributed by atoms with Crippen molar-refractivity contribution in [3.63, 3.8) is 0 Å². The van der Waals surface area contributed by atoms with E-state index in [1.165, 1.54) is 12.8 Å². The molecule has 7 heteroatoms. The van der Waals surface area contributed by atoms with Crippen molar-refractivity contribution in [1.82, 2.24) is 15.5 Å². The topological polar surface area (TPSA) is 53.6 Å². The van der Waals surface area contributed by atoms with E-state index in [1.807, 2.05) is 0 Å². The molecule has 0 bridgehead atoms. The van der Waals surface area contributed by atoms with Crippen LogP contribution in [0.15, 0.2) is 0 Å². The molecule has 1 amide bonds. The van der Waals surface area contributed by atoms with Gasteiger partial charge in [0.2, 0.25) is 5.91 Å². The SMILES string of the molecule is CN1CCCC1CNC(=O)CC1COCCN1.Cl.Cl. The van der Waals surface area contributed by atoms with Crippen molar-refractivity contribution < 1.29 is 9.53 Å². The average molecular weight is 314 g/mol. The Balaban J connectivity index is 0.00000162. The Kier molecular flexibility index (Phi) is 9.74. The van der Waals surface area contributed by atoms with Gasteiger partial charge in [0.15, 0.2) is 0 Å². The third-order valence-electron chi connectivity index (χ3n) is 3.64. The number of halogens is 2. The summed E-state index contributed by atoms with van der Waals surface area (Å²) >= 11 is 0. The highest BCUT2D eigenvalue weighted by atomic mass is 35.5. The Hall–Kier alpha value is -0.0700. The van der Waals surface area contributed by atoms with E-state index in [-0.39, 0.29) is 36.8 Å². The molecule has 2 rings (SSSR count). The monoisotopic (exact) mass is 313 g/mol. The Morgan fingerprint density at radius 3 is 2.84 bits per heavy atom. The molecule has 0 saturated carbocycles. The van der Waals surface area contributed by atoms with Crippen molar-refractivity contribution >= 4 is 30.7 Å². The molecule has 2 heterocycles. The molecule has 114 valence electrons. The molecular formula is C12H25Cl2N3O2. The molecule has 2 atom stereocenters. The van der Waals surface area contributed by atoms with Crippen LogP contribution in [0, 0.1) is 0 Å². The number of rotatable bonds is 4. The Morgan fingerprint density at radius 1 is 1.47 bits per heavy atom. The van der Waals surface area contributed by atoms with E-state index < -0.39 is 0 Å². The van der Waals surface area contributed by atoms with Gasteiger partial charge in [-0.05, 0) is 26.4 Å². The minimum atomic E-state index is 0. The number of nitrogens with one attached hydrogen (secondary N) is 2. The molecule has 2 aliphatic heterocycles. The van der Waals surface area contributed by atoms with E-state index in [0.717, 1.165) is 26.2 Å². The lowest BCUT2D eigenvalue weighted by Gasteiger charge is -2.24. The van der Waals surface area contributed by atoms with Gasteiger partial charge in [-0.15, -0.1) is 24.8 Å². The minimum absolute atomic E-state index is 0. The zero-order valence-corrected chi connectivity index (χ0v) is 13.0. The summed E-state index contributed by atoms with van der Waals surface area (Å²) in [5.41, 5.74) is 0. The number of morpholine rings is 1. The third-order valence-corrected chi connectivity index (χ3v) is 3.64. The zero-order valence-electron chi connectivity index (χ0n) is 11.4. The maximum absolute atomic E-state index is 11.7. The largest absolute Gasteiger partial charge is 0.378 e. The first-order valence-corrected chi connectivity index (χ1v) is 6.54. The fourth-order valence-corrected chi connectivity index (χ4v) is 2.52. The molecule has 2 N–H and O–H groups in total. The van der Waals surface area contributed by atoms with Crippen molar-refractivity contribution in [2.45, 2.75) is 31.3 Å². The maximum atomic E-state index is 11.7. The van der Waals surface area contributed by atoms with Gasteiger partial charge in [0.05, 0.1) is 13.2 Å². The number of nitrogens with zero attached hydrogens (tertiary/aromatic N) is 1. The standard InChI is InChI=1S/C12H23N3O2.2ClH/c1-15-5-2-3-11(15)8-14-12(16)7-10-9-17-6-4-13-10;;/h10-11,13H,2-9H2,1H3,(H,14,16);2*1H. The molecule has 2 fully saturated rings. The van der Waals surface area contributed by atoms with E-state index in [9.17, 15) is 4.79 Å². The van der Waals surface area contributed by atoms with Crippen LogP contribution < -0.4 is 10.6 Å². The van der Waals surface area contributed by atoms with Crippen LogP contribution in [-0.2, 0) is 9.53 Å². The molecule has 0 spiro atoms. The number of amides is 1. The van der Waals surface area contributed by atoms with Gasteiger partial charge in [-0.3, -0.25) is 4.79 Å². The summed E-state index contributed by atoms with van der Waals surface area (Å²) < 4.78 is 5.33. The van der Waals surface area contributed by atoms with Crippen LogP contribution in [0.2, 0.25) is 0 Å². The number of carbonyl (C=O) groups is 1. The lowest BCUT2D eigenvalue weighted by Crippen LogP contribution is -2.45. The van der Waals surface area contributed by atoms with Crippen LogP contribution >= 0.6 is 24.8 Å². The van der Waals surface area contributed by atoms with Gasteiger partial charge in [0.25, 0.3) is 0 Å². The van der Waals surface area contributed by atoms with Gasteiger partial charge in [-0.2, -0.15) is 0 Å². The second-order valence-electron chi connectivity index (χ2n) is 5.01. The third kappa shape index (κ3) is 6.27. The van der Waals surface area contributed by atoms with Gasteiger partial charge in [0.1, 0.15) is 0 Å². The van der Waals surface area contributed by atoms with E-state index in [2.05, 4.69) is 22.6 Å². The van der Waals surface area contributed by atoms with E-state index >= 15 is 0 Å². The quantitative estimate of drug-likeness (QED) is 0.790. The van der Waals surface area contributed by atoms with E-state index in [4.69, 9.17) is 4.74 Å². The van der Waals surface area contributed by atoms with Gasteiger partial charge in [0, 0.05) is 31.6 Å². The van der Waals surface area contributed by atoms with Crippen molar-refractivity contribution in [2.24, 2.45) is 0 Å². The number of likely N-dealkylation sites (tertiary alicyclic amines) is 1. The molecule has 2 saturated heterocycles. The van der Waals surface area contributed by atoms with Crippen molar-refractivity contribution in [2.75, 3.05) is 39.9 Å². The summed E-state index contributed by atoms with van der Waals surface area (Å²) in [6.45, 7) is 4.19. The molecule has 19 heavy (non-hydrogen) atoms. The summed E-state index contributed by atoms with van der Waals surface area (Å²) in [5, 5.41) is 6.32. The number of hydrogen-bond donors (Lipinski definition) is 2. The highest BCUT2D eigenvalue weighted by Gasteiger charge is 2.22.